The Balaban J connectivity index is 1.63. The Kier molecular flexibility index (Phi) is 5.58. The molecule has 28 heavy (non-hydrogen) atoms. The van der Waals surface area contributed by atoms with Crippen LogP contribution in [0, 0.1) is 5.82 Å². The summed E-state index contributed by atoms with van der Waals surface area (Å²) in [6, 6.07) is 13.7. The van der Waals surface area contributed by atoms with Crippen molar-refractivity contribution < 1.29 is 22.4 Å². The molecule has 3 aromatic rings. The molecule has 0 spiro atoms. The van der Waals surface area contributed by atoms with Gasteiger partial charge in [0.2, 0.25) is 0 Å². The quantitative estimate of drug-likeness (QED) is 0.597. The molecule has 2 N–H and O–H groups in total. The summed E-state index contributed by atoms with van der Waals surface area (Å²) in [6.07, 6.45) is -3.10. The van der Waals surface area contributed by atoms with Crippen molar-refractivity contribution in [1.82, 2.24) is 4.98 Å². The van der Waals surface area contributed by atoms with E-state index >= 15 is 0 Å². The predicted molar refractivity (Wildman–Crippen MR) is 97.4 cm³/mol. The minimum absolute atomic E-state index is 0.0170. The van der Waals surface area contributed by atoms with E-state index in [1.807, 2.05) is 0 Å². The van der Waals surface area contributed by atoms with Crippen LogP contribution in [0.4, 0.5) is 28.9 Å². The molecule has 1 heterocycles. The zero-order valence-electron chi connectivity index (χ0n) is 14.4. The lowest BCUT2D eigenvalue weighted by Crippen LogP contribution is -2.14. The smallest absolute Gasteiger partial charge is 0.380 e. The summed E-state index contributed by atoms with van der Waals surface area (Å²) in [4.78, 5) is 16.2. The van der Waals surface area contributed by atoms with Gasteiger partial charge in [0.05, 0.1) is 17.4 Å². The zero-order valence-corrected chi connectivity index (χ0v) is 14.4. The summed E-state index contributed by atoms with van der Waals surface area (Å²) < 4.78 is 51.8. The fraction of sp³-hybridized carbons (Fsp3) is 0.100. The summed E-state index contributed by atoms with van der Waals surface area (Å²) in [5.74, 6) is -0.972. The summed E-state index contributed by atoms with van der Waals surface area (Å²) in [7, 11) is 0. The molecular formula is C20H15F4N3O. The van der Waals surface area contributed by atoms with E-state index in [1.54, 1.807) is 24.3 Å². The Bertz CT molecular complexity index is 972. The third kappa shape index (κ3) is 4.85. The minimum Gasteiger partial charge on any atom is -0.380 e. The van der Waals surface area contributed by atoms with E-state index in [1.165, 1.54) is 30.5 Å². The summed E-state index contributed by atoms with van der Waals surface area (Å²) >= 11 is 0. The van der Waals surface area contributed by atoms with Gasteiger partial charge in [0.1, 0.15) is 11.5 Å². The highest BCUT2D eigenvalue weighted by molar-refractivity contribution is 6.03. The monoisotopic (exact) mass is 389 g/mol. The van der Waals surface area contributed by atoms with E-state index < -0.39 is 17.6 Å². The summed E-state index contributed by atoms with van der Waals surface area (Å²) in [5.41, 5.74) is 0.246. The number of hydrogen-bond acceptors (Lipinski definition) is 3. The van der Waals surface area contributed by atoms with Gasteiger partial charge >= 0.3 is 6.18 Å². The fourth-order valence-electron chi connectivity index (χ4n) is 2.44. The second-order valence-electron chi connectivity index (χ2n) is 5.91. The molecule has 3 rings (SSSR count). The van der Waals surface area contributed by atoms with Crippen LogP contribution in [0.2, 0.25) is 0 Å². The second-order valence-corrected chi connectivity index (χ2v) is 5.91. The number of amides is 1. The third-order valence-corrected chi connectivity index (χ3v) is 3.88. The van der Waals surface area contributed by atoms with Gasteiger partial charge in [0.15, 0.2) is 0 Å². The van der Waals surface area contributed by atoms with E-state index in [4.69, 9.17) is 0 Å². The first-order valence-electron chi connectivity index (χ1n) is 8.25. The van der Waals surface area contributed by atoms with Crippen molar-refractivity contribution in [3.05, 3.63) is 89.5 Å². The maximum Gasteiger partial charge on any atom is 0.416 e. The van der Waals surface area contributed by atoms with Crippen LogP contribution in [-0.4, -0.2) is 10.9 Å². The first-order valence-corrected chi connectivity index (χ1v) is 8.25. The molecular weight excluding hydrogens is 374 g/mol. The van der Waals surface area contributed by atoms with Crippen LogP contribution in [0.1, 0.15) is 21.6 Å². The van der Waals surface area contributed by atoms with Crippen LogP contribution in [0.5, 0.6) is 0 Å². The molecule has 0 saturated heterocycles. The molecule has 2 aromatic carbocycles. The standard InChI is InChI=1S/C20H15F4N3O/c21-17-7-2-1-4-13(17)11-25-16-8-9-18(26-12-16)19(28)27-15-6-3-5-14(10-15)20(22,23)24/h1-10,12,25H,11H2,(H,27,28). The van der Waals surface area contributed by atoms with Crippen molar-refractivity contribution >= 4 is 17.3 Å². The molecule has 0 atom stereocenters. The molecule has 0 saturated carbocycles. The Morgan fingerprint density at radius 1 is 0.964 bits per heavy atom. The number of nitrogens with zero attached hydrogens (tertiary/aromatic N) is 1. The van der Waals surface area contributed by atoms with Crippen molar-refractivity contribution in [2.75, 3.05) is 10.6 Å². The van der Waals surface area contributed by atoms with Gasteiger partial charge in [-0.3, -0.25) is 4.79 Å². The highest BCUT2D eigenvalue weighted by atomic mass is 19.4. The highest BCUT2D eigenvalue weighted by Crippen LogP contribution is 2.30. The Morgan fingerprint density at radius 2 is 1.75 bits per heavy atom. The van der Waals surface area contributed by atoms with Crippen molar-refractivity contribution in [1.29, 1.82) is 0 Å². The van der Waals surface area contributed by atoms with Crippen LogP contribution in [0.3, 0.4) is 0 Å². The van der Waals surface area contributed by atoms with Gasteiger partial charge in [0.25, 0.3) is 5.91 Å². The van der Waals surface area contributed by atoms with Crippen molar-refractivity contribution in [3.63, 3.8) is 0 Å². The van der Waals surface area contributed by atoms with E-state index in [-0.39, 0.29) is 23.7 Å². The predicted octanol–water partition coefficient (Wildman–Crippen LogP) is 5.10. The van der Waals surface area contributed by atoms with Crippen molar-refractivity contribution in [2.45, 2.75) is 12.7 Å². The number of carbonyl (C=O) groups excluding carboxylic acids is 1. The molecule has 0 aliphatic carbocycles. The minimum atomic E-state index is -4.50. The van der Waals surface area contributed by atoms with Crippen molar-refractivity contribution in [2.24, 2.45) is 0 Å². The lowest BCUT2D eigenvalue weighted by molar-refractivity contribution is -0.137. The molecule has 4 nitrogen and oxygen atoms in total. The normalized spacial score (nSPS) is 11.1. The zero-order chi connectivity index (χ0) is 20.1. The average Bonchev–Trinajstić information content (AvgIpc) is 2.67. The number of aromatic nitrogens is 1. The molecule has 8 heteroatoms. The lowest BCUT2D eigenvalue weighted by atomic mass is 10.2. The molecule has 1 aromatic heterocycles. The van der Waals surface area contributed by atoms with E-state index in [2.05, 4.69) is 15.6 Å². The van der Waals surface area contributed by atoms with Gasteiger partial charge in [-0.05, 0) is 36.4 Å². The fourth-order valence-corrected chi connectivity index (χ4v) is 2.44. The number of hydrogen-bond donors (Lipinski definition) is 2. The summed E-state index contributed by atoms with van der Waals surface area (Å²) in [5, 5.41) is 5.37. The van der Waals surface area contributed by atoms with Crippen LogP contribution in [-0.2, 0) is 12.7 Å². The molecule has 0 bridgehead atoms. The van der Waals surface area contributed by atoms with Crippen LogP contribution >= 0.6 is 0 Å². The lowest BCUT2D eigenvalue weighted by Gasteiger charge is -2.10. The van der Waals surface area contributed by atoms with Crippen LogP contribution < -0.4 is 10.6 Å². The van der Waals surface area contributed by atoms with E-state index in [0.717, 1.165) is 12.1 Å². The summed E-state index contributed by atoms with van der Waals surface area (Å²) in [6.45, 7) is 0.240. The van der Waals surface area contributed by atoms with Crippen molar-refractivity contribution in [3.8, 4) is 0 Å². The van der Waals surface area contributed by atoms with Gasteiger partial charge in [-0.1, -0.05) is 24.3 Å². The Labute approximate surface area is 158 Å². The van der Waals surface area contributed by atoms with Gasteiger partial charge < -0.3 is 10.6 Å². The molecule has 0 aliphatic rings. The largest absolute Gasteiger partial charge is 0.416 e. The number of pyridine rings is 1. The maximum absolute atomic E-state index is 13.6. The molecule has 0 radical (unpaired) electrons. The highest BCUT2D eigenvalue weighted by Gasteiger charge is 2.30. The first kappa shape index (κ1) is 19.3. The van der Waals surface area contributed by atoms with Gasteiger partial charge in [-0.2, -0.15) is 13.2 Å². The van der Waals surface area contributed by atoms with Gasteiger partial charge in [0, 0.05) is 17.8 Å². The Hall–Kier alpha value is -3.42. The molecule has 144 valence electrons. The number of halogens is 4. The second kappa shape index (κ2) is 8.08. The van der Waals surface area contributed by atoms with Crippen LogP contribution in [0.15, 0.2) is 66.9 Å². The number of alkyl halides is 3. The Morgan fingerprint density at radius 3 is 2.43 bits per heavy atom. The maximum atomic E-state index is 13.6. The molecule has 0 fully saturated rings. The number of carbonyl (C=O) groups is 1. The SMILES string of the molecule is O=C(Nc1cccc(C(F)(F)F)c1)c1ccc(NCc2ccccc2F)cn1. The molecule has 1 amide bonds. The first-order chi connectivity index (χ1) is 13.3. The van der Waals surface area contributed by atoms with E-state index in [9.17, 15) is 22.4 Å². The number of anilines is 2. The third-order valence-electron chi connectivity index (χ3n) is 3.88. The van der Waals surface area contributed by atoms with Crippen LogP contribution in [0.25, 0.3) is 0 Å². The molecule has 0 aliphatic heterocycles. The number of nitrogens with one attached hydrogen (secondary N) is 2. The molecule has 0 unspecified atom stereocenters. The number of rotatable bonds is 5. The van der Waals surface area contributed by atoms with E-state index in [0.29, 0.717) is 11.3 Å². The van der Waals surface area contributed by atoms with Gasteiger partial charge in [-0.25, -0.2) is 9.37 Å². The van der Waals surface area contributed by atoms with Gasteiger partial charge in [-0.15, -0.1) is 0 Å². The number of benzene rings is 2. The topological polar surface area (TPSA) is 54.0 Å². The average molecular weight is 389 g/mol.